The third-order valence-corrected chi connectivity index (χ3v) is 2.83. The average Bonchev–Trinajstić information content (AvgIpc) is 2.45. The van der Waals surface area contributed by atoms with Crippen LogP contribution < -0.4 is 16.0 Å². The van der Waals surface area contributed by atoms with Gasteiger partial charge in [-0.2, -0.15) is 0 Å². The third-order valence-electron chi connectivity index (χ3n) is 2.83. The van der Waals surface area contributed by atoms with Crippen molar-refractivity contribution in [3.8, 4) is 5.88 Å². The van der Waals surface area contributed by atoms with E-state index in [-0.39, 0.29) is 17.0 Å². The van der Waals surface area contributed by atoms with E-state index in [1.54, 1.807) is 0 Å². The molecule has 1 heterocycles. The summed E-state index contributed by atoms with van der Waals surface area (Å²) in [5.74, 6) is 2.95. The fourth-order valence-electron chi connectivity index (χ4n) is 1.89. The number of nitrogens with one attached hydrogen (secondary N) is 1. The van der Waals surface area contributed by atoms with Gasteiger partial charge in [0.2, 0.25) is 5.88 Å². The quantitative estimate of drug-likeness (QED) is 0.666. The Morgan fingerprint density at radius 2 is 1.95 bits per heavy atom. The number of hydrogen-bond acceptors (Lipinski definition) is 4. The number of methoxy groups -OCH3 is 1. The van der Waals surface area contributed by atoms with Crippen molar-refractivity contribution < 1.29 is 17.9 Å². The maximum Gasteiger partial charge on any atom is 0.250 e. The van der Waals surface area contributed by atoms with Gasteiger partial charge in [-0.3, -0.25) is 5.84 Å². The molecule has 3 N–H and O–H groups in total. The zero-order chi connectivity index (χ0) is 14.7. The summed E-state index contributed by atoms with van der Waals surface area (Å²) in [5.41, 5.74) is 2.16. The van der Waals surface area contributed by atoms with Gasteiger partial charge in [0.15, 0.2) is 5.82 Å². The van der Waals surface area contributed by atoms with Gasteiger partial charge in [-0.15, -0.1) is 0 Å². The van der Waals surface area contributed by atoms with E-state index in [2.05, 4.69) is 10.4 Å². The fraction of sp³-hybridized carbons (Fsp3) is 0.154. The Labute approximate surface area is 113 Å². The Morgan fingerprint density at radius 1 is 1.20 bits per heavy atom. The Kier molecular flexibility index (Phi) is 4.21. The fourth-order valence-corrected chi connectivity index (χ4v) is 1.89. The van der Waals surface area contributed by atoms with Gasteiger partial charge in [-0.05, 0) is 24.3 Å². The highest BCUT2D eigenvalue weighted by atomic mass is 19.1. The van der Waals surface area contributed by atoms with Crippen LogP contribution in [0.5, 0.6) is 5.88 Å². The molecule has 4 nitrogen and oxygen atoms in total. The van der Waals surface area contributed by atoms with Crippen LogP contribution >= 0.6 is 0 Å². The number of hydrogen-bond donors (Lipinski definition) is 2. The minimum atomic E-state index is -1.07. The number of aromatic nitrogens is 1. The summed E-state index contributed by atoms with van der Waals surface area (Å²) >= 11 is 0. The van der Waals surface area contributed by atoms with Crippen LogP contribution in [0.3, 0.4) is 0 Å². The minimum Gasteiger partial charge on any atom is -0.479 e. The van der Waals surface area contributed by atoms with Gasteiger partial charge in [0, 0.05) is 17.3 Å². The Hall–Kier alpha value is -2.12. The van der Waals surface area contributed by atoms with Gasteiger partial charge >= 0.3 is 0 Å². The first kappa shape index (κ1) is 14.3. The molecule has 2 rings (SSSR count). The van der Waals surface area contributed by atoms with Gasteiger partial charge in [-0.25, -0.2) is 23.6 Å². The number of rotatable bonds is 4. The normalized spacial score (nSPS) is 12.2. The van der Waals surface area contributed by atoms with Crippen LogP contribution in [0.1, 0.15) is 17.2 Å². The molecule has 20 heavy (non-hydrogen) atoms. The molecule has 0 fully saturated rings. The first-order chi connectivity index (χ1) is 9.58. The summed E-state index contributed by atoms with van der Waals surface area (Å²) in [6.45, 7) is 0. The van der Waals surface area contributed by atoms with Crippen LogP contribution in [0.4, 0.5) is 13.2 Å². The van der Waals surface area contributed by atoms with E-state index in [1.165, 1.54) is 19.4 Å². The zero-order valence-corrected chi connectivity index (χ0v) is 10.5. The lowest BCUT2D eigenvalue weighted by molar-refractivity contribution is 0.364. The molecule has 0 amide bonds. The Morgan fingerprint density at radius 3 is 2.60 bits per heavy atom. The van der Waals surface area contributed by atoms with E-state index in [1.807, 2.05) is 0 Å². The first-order valence-corrected chi connectivity index (χ1v) is 5.68. The summed E-state index contributed by atoms with van der Waals surface area (Å²) in [6.07, 6.45) is 1.29. The molecule has 1 aromatic heterocycles. The molecule has 106 valence electrons. The standard InChI is InChI=1S/C13H12F3N3O/c1-20-13-11(16)8(4-5-18-13)12(19-17)9-6-7(14)2-3-10(9)15/h2-6,12,19H,17H2,1H3. The number of pyridine rings is 1. The second-order valence-electron chi connectivity index (χ2n) is 3.99. The number of nitrogens with two attached hydrogens (primary N) is 1. The van der Waals surface area contributed by atoms with E-state index >= 15 is 0 Å². The Bertz CT molecular complexity index is 622. The summed E-state index contributed by atoms with van der Waals surface area (Å²) < 4.78 is 45.9. The highest BCUT2D eigenvalue weighted by molar-refractivity contribution is 5.35. The second kappa shape index (κ2) is 5.89. The molecule has 0 saturated carbocycles. The largest absolute Gasteiger partial charge is 0.479 e. The molecule has 2 aromatic rings. The number of hydrazine groups is 1. The lowest BCUT2D eigenvalue weighted by atomic mass is 9.99. The van der Waals surface area contributed by atoms with E-state index < -0.39 is 23.5 Å². The summed E-state index contributed by atoms with van der Waals surface area (Å²) in [5, 5.41) is 0. The average molecular weight is 283 g/mol. The second-order valence-corrected chi connectivity index (χ2v) is 3.99. The maximum atomic E-state index is 14.1. The molecule has 0 radical (unpaired) electrons. The molecule has 0 aliphatic heterocycles. The molecule has 0 saturated heterocycles. The maximum absolute atomic E-state index is 14.1. The highest BCUT2D eigenvalue weighted by Gasteiger charge is 2.23. The van der Waals surface area contributed by atoms with E-state index in [9.17, 15) is 13.2 Å². The molecule has 7 heteroatoms. The van der Waals surface area contributed by atoms with Gasteiger partial charge < -0.3 is 4.74 Å². The topological polar surface area (TPSA) is 60.2 Å². The lowest BCUT2D eigenvalue weighted by Crippen LogP contribution is -2.30. The summed E-state index contributed by atoms with van der Waals surface area (Å²) in [4.78, 5) is 3.67. The molecule has 1 atom stereocenters. The lowest BCUT2D eigenvalue weighted by Gasteiger charge is -2.18. The van der Waals surface area contributed by atoms with Crippen molar-refractivity contribution in [1.82, 2.24) is 10.4 Å². The minimum absolute atomic E-state index is 0.00356. The van der Waals surface area contributed by atoms with Crippen LogP contribution in [0.2, 0.25) is 0 Å². The van der Waals surface area contributed by atoms with Crippen molar-refractivity contribution in [2.45, 2.75) is 6.04 Å². The SMILES string of the molecule is COc1nccc(C(NN)c2cc(F)ccc2F)c1F. The highest BCUT2D eigenvalue weighted by Crippen LogP contribution is 2.29. The zero-order valence-electron chi connectivity index (χ0n) is 10.5. The molecule has 1 unspecified atom stereocenters. The molecule has 1 aromatic carbocycles. The third kappa shape index (κ3) is 2.59. The number of halogens is 3. The first-order valence-electron chi connectivity index (χ1n) is 5.68. The van der Waals surface area contributed by atoms with Crippen molar-refractivity contribution >= 4 is 0 Å². The molecular formula is C13H12F3N3O. The molecule has 0 spiro atoms. The van der Waals surface area contributed by atoms with Gasteiger partial charge in [0.25, 0.3) is 0 Å². The van der Waals surface area contributed by atoms with Crippen LogP contribution in [-0.4, -0.2) is 12.1 Å². The van der Waals surface area contributed by atoms with Crippen molar-refractivity contribution in [3.63, 3.8) is 0 Å². The molecule has 0 bridgehead atoms. The van der Waals surface area contributed by atoms with Gasteiger partial charge in [0.1, 0.15) is 11.6 Å². The van der Waals surface area contributed by atoms with E-state index in [4.69, 9.17) is 10.6 Å². The van der Waals surface area contributed by atoms with Crippen molar-refractivity contribution in [1.29, 1.82) is 0 Å². The van der Waals surface area contributed by atoms with Crippen LogP contribution in [-0.2, 0) is 0 Å². The van der Waals surface area contributed by atoms with Crippen LogP contribution in [0.25, 0.3) is 0 Å². The molecule has 0 aliphatic rings. The summed E-state index contributed by atoms with van der Waals surface area (Å²) in [6, 6.07) is 3.11. The number of benzene rings is 1. The smallest absolute Gasteiger partial charge is 0.250 e. The molecule has 0 aliphatic carbocycles. The van der Waals surface area contributed by atoms with Crippen molar-refractivity contribution in [2.24, 2.45) is 5.84 Å². The predicted octanol–water partition coefficient (Wildman–Crippen LogP) is 2.06. The predicted molar refractivity (Wildman–Crippen MR) is 66.3 cm³/mol. The molecular weight excluding hydrogens is 271 g/mol. The van der Waals surface area contributed by atoms with E-state index in [0.717, 1.165) is 18.2 Å². The van der Waals surface area contributed by atoms with Crippen molar-refractivity contribution in [3.05, 3.63) is 59.0 Å². The number of nitrogens with zero attached hydrogens (tertiary/aromatic N) is 1. The summed E-state index contributed by atoms with van der Waals surface area (Å²) in [7, 11) is 1.25. The van der Waals surface area contributed by atoms with Gasteiger partial charge in [0.05, 0.1) is 13.2 Å². The Balaban J connectivity index is 2.55. The van der Waals surface area contributed by atoms with E-state index in [0.29, 0.717) is 0 Å². The van der Waals surface area contributed by atoms with Crippen LogP contribution in [0.15, 0.2) is 30.5 Å². The van der Waals surface area contributed by atoms with Crippen molar-refractivity contribution in [2.75, 3.05) is 7.11 Å². The van der Waals surface area contributed by atoms with Crippen LogP contribution in [0, 0.1) is 17.5 Å². The monoisotopic (exact) mass is 283 g/mol. The van der Waals surface area contributed by atoms with Gasteiger partial charge in [-0.1, -0.05) is 0 Å². The number of ether oxygens (including phenoxy) is 1.